The van der Waals surface area contributed by atoms with Gasteiger partial charge >= 0.3 is 0 Å². The van der Waals surface area contributed by atoms with E-state index in [1.165, 1.54) is 0 Å². The summed E-state index contributed by atoms with van der Waals surface area (Å²) in [7, 11) is 1.58. The third kappa shape index (κ3) is 3.05. The number of aromatic nitrogens is 4. The molecule has 6 heteroatoms. The van der Waals surface area contributed by atoms with Crippen molar-refractivity contribution >= 4 is 15.9 Å². The van der Waals surface area contributed by atoms with Gasteiger partial charge in [0, 0.05) is 22.4 Å². The lowest BCUT2D eigenvalue weighted by atomic mass is 10.2. The molecule has 5 nitrogen and oxygen atoms in total. The monoisotopic (exact) mass is 342 g/mol. The summed E-state index contributed by atoms with van der Waals surface area (Å²) in [5.74, 6) is 1.85. The fraction of sp³-hybridized carbons (Fsp3) is 0.0667. The van der Waals surface area contributed by atoms with Crippen molar-refractivity contribution in [2.75, 3.05) is 7.11 Å². The number of hydrogen-bond acceptors (Lipinski definition) is 5. The maximum atomic E-state index is 5.03. The van der Waals surface area contributed by atoms with Crippen LogP contribution in [-0.4, -0.2) is 27.0 Å². The van der Waals surface area contributed by atoms with Crippen molar-refractivity contribution in [2.24, 2.45) is 0 Å². The zero-order chi connectivity index (χ0) is 14.7. The predicted molar refractivity (Wildman–Crippen MR) is 82.7 cm³/mol. The van der Waals surface area contributed by atoms with E-state index in [1.807, 2.05) is 24.3 Å². The molecule has 0 aliphatic rings. The smallest absolute Gasteiger partial charge is 0.162 e. The lowest BCUT2D eigenvalue weighted by molar-refractivity contribution is 0.411. The maximum absolute atomic E-state index is 5.03. The van der Waals surface area contributed by atoms with Crippen LogP contribution in [0, 0.1) is 0 Å². The molecule has 0 amide bonds. The minimum Gasteiger partial charge on any atom is -0.494 e. The van der Waals surface area contributed by atoms with Gasteiger partial charge in [-0.2, -0.15) is 0 Å². The van der Waals surface area contributed by atoms with E-state index >= 15 is 0 Å². The van der Waals surface area contributed by atoms with Gasteiger partial charge in [0.25, 0.3) is 0 Å². The molecule has 3 rings (SSSR count). The number of nitrogens with zero attached hydrogens (tertiary/aromatic N) is 4. The van der Waals surface area contributed by atoms with Gasteiger partial charge in [0.15, 0.2) is 17.4 Å². The average Bonchev–Trinajstić information content (AvgIpc) is 2.56. The van der Waals surface area contributed by atoms with Crippen LogP contribution >= 0.6 is 15.9 Å². The predicted octanol–water partition coefficient (Wildman–Crippen LogP) is 3.37. The van der Waals surface area contributed by atoms with E-state index in [4.69, 9.17) is 4.74 Å². The third-order valence-corrected chi connectivity index (χ3v) is 3.40. The van der Waals surface area contributed by atoms with Crippen LogP contribution in [-0.2, 0) is 0 Å². The fourth-order valence-electron chi connectivity index (χ4n) is 1.76. The Morgan fingerprint density at radius 3 is 1.86 bits per heavy atom. The lowest BCUT2D eigenvalue weighted by Gasteiger charge is -2.03. The van der Waals surface area contributed by atoms with Crippen molar-refractivity contribution in [1.82, 2.24) is 19.9 Å². The molecule has 0 spiro atoms. The molecule has 0 atom stereocenters. The Hall–Kier alpha value is -2.34. The molecular formula is C15H11BrN4O. The van der Waals surface area contributed by atoms with Gasteiger partial charge in [0.05, 0.1) is 25.1 Å². The molecule has 0 saturated heterocycles. The summed E-state index contributed by atoms with van der Waals surface area (Å²) in [5, 5.41) is 0. The van der Waals surface area contributed by atoms with Crippen LogP contribution in [0.3, 0.4) is 0 Å². The molecule has 104 valence electrons. The second-order valence-electron chi connectivity index (χ2n) is 4.25. The van der Waals surface area contributed by atoms with E-state index in [9.17, 15) is 0 Å². The second-order valence-corrected chi connectivity index (χ2v) is 5.16. The standard InChI is InChI=1S/C15H11BrN4O/c1-21-13-8-19-15(20-9-13)11-6-17-14(18-7-11)10-2-4-12(16)5-3-10/h2-9H,1H3. The number of methoxy groups -OCH3 is 1. The van der Waals surface area contributed by atoms with E-state index in [-0.39, 0.29) is 0 Å². The number of benzene rings is 1. The molecule has 0 N–H and O–H groups in total. The number of ether oxygens (including phenoxy) is 1. The van der Waals surface area contributed by atoms with Gasteiger partial charge in [-0.05, 0) is 12.1 Å². The van der Waals surface area contributed by atoms with Crippen LogP contribution in [0.1, 0.15) is 0 Å². The van der Waals surface area contributed by atoms with Gasteiger partial charge in [0.2, 0.25) is 0 Å². The Kier molecular flexibility index (Phi) is 3.87. The van der Waals surface area contributed by atoms with E-state index < -0.39 is 0 Å². The fourth-order valence-corrected chi connectivity index (χ4v) is 2.03. The van der Waals surface area contributed by atoms with Gasteiger partial charge in [0.1, 0.15) is 0 Å². The Labute approximate surface area is 130 Å². The molecule has 0 saturated carbocycles. The molecule has 2 aromatic heterocycles. The summed E-state index contributed by atoms with van der Waals surface area (Å²) >= 11 is 3.40. The van der Waals surface area contributed by atoms with E-state index in [0.29, 0.717) is 17.4 Å². The Balaban J connectivity index is 1.87. The molecule has 3 aromatic rings. The first kappa shape index (κ1) is 13.6. The first-order valence-corrected chi connectivity index (χ1v) is 7.00. The van der Waals surface area contributed by atoms with Crippen LogP contribution in [0.25, 0.3) is 22.8 Å². The summed E-state index contributed by atoms with van der Waals surface area (Å²) in [6, 6.07) is 7.84. The molecule has 0 unspecified atom stereocenters. The zero-order valence-corrected chi connectivity index (χ0v) is 12.8. The molecule has 0 fully saturated rings. The van der Waals surface area contributed by atoms with Crippen molar-refractivity contribution in [3.63, 3.8) is 0 Å². The molecular weight excluding hydrogens is 332 g/mol. The van der Waals surface area contributed by atoms with Crippen LogP contribution in [0.5, 0.6) is 5.75 Å². The Morgan fingerprint density at radius 2 is 1.29 bits per heavy atom. The highest BCUT2D eigenvalue weighted by molar-refractivity contribution is 9.10. The van der Waals surface area contributed by atoms with Crippen molar-refractivity contribution in [3.8, 4) is 28.5 Å². The largest absolute Gasteiger partial charge is 0.494 e. The highest BCUT2D eigenvalue weighted by Gasteiger charge is 2.05. The summed E-state index contributed by atoms with van der Waals surface area (Å²) in [6.45, 7) is 0. The minimum atomic E-state index is 0.568. The molecule has 1 aromatic carbocycles. The van der Waals surface area contributed by atoms with Crippen molar-refractivity contribution in [2.45, 2.75) is 0 Å². The van der Waals surface area contributed by atoms with E-state index in [2.05, 4.69) is 35.9 Å². The maximum Gasteiger partial charge on any atom is 0.162 e. The van der Waals surface area contributed by atoms with E-state index in [0.717, 1.165) is 15.6 Å². The molecule has 21 heavy (non-hydrogen) atoms. The first-order valence-electron chi connectivity index (χ1n) is 6.20. The van der Waals surface area contributed by atoms with Crippen LogP contribution in [0.4, 0.5) is 0 Å². The third-order valence-electron chi connectivity index (χ3n) is 2.88. The van der Waals surface area contributed by atoms with Crippen molar-refractivity contribution in [1.29, 1.82) is 0 Å². The SMILES string of the molecule is COc1cnc(-c2cnc(-c3ccc(Br)cc3)nc2)nc1. The number of halogens is 1. The Morgan fingerprint density at radius 1 is 0.762 bits per heavy atom. The number of hydrogen-bond donors (Lipinski definition) is 0. The molecule has 0 bridgehead atoms. The first-order chi connectivity index (χ1) is 10.3. The zero-order valence-electron chi connectivity index (χ0n) is 11.2. The lowest BCUT2D eigenvalue weighted by Crippen LogP contribution is -1.94. The number of rotatable bonds is 3. The van der Waals surface area contributed by atoms with Gasteiger partial charge in [-0.1, -0.05) is 28.1 Å². The summed E-state index contributed by atoms with van der Waals surface area (Å²) in [5.41, 5.74) is 1.72. The summed E-state index contributed by atoms with van der Waals surface area (Å²) < 4.78 is 6.05. The van der Waals surface area contributed by atoms with Crippen molar-refractivity contribution in [3.05, 3.63) is 53.5 Å². The molecule has 0 radical (unpaired) electrons. The van der Waals surface area contributed by atoms with Gasteiger partial charge in [-0.15, -0.1) is 0 Å². The highest BCUT2D eigenvalue weighted by atomic mass is 79.9. The summed E-state index contributed by atoms with van der Waals surface area (Å²) in [4.78, 5) is 17.1. The van der Waals surface area contributed by atoms with Gasteiger partial charge < -0.3 is 4.74 Å². The highest BCUT2D eigenvalue weighted by Crippen LogP contribution is 2.20. The van der Waals surface area contributed by atoms with Gasteiger partial charge in [-0.3, -0.25) is 0 Å². The molecule has 2 heterocycles. The molecule has 0 aliphatic heterocycles. The topological polar surface area (TPSA) is 60.8 Å². The normalized spacial score (nSPS) is 10.4. The van der Waals surface area contributed by atoms with Crippen molar-refractivity contribution < 1.29 is 4.74 Å². The summed E-state index contributed by atoms with van der Waals surface area (Å²) in [6.07, 6.45) is 6.66. The molecule has 0 aliphatic carbocycles. The van der Waals surface area contributed by atoms with Gasteiger partial charge in [-0.25, -0.2) is 19.9 Å². The Bertz CT molecular complexity index is 727. The van der Waals surface area contributed by atoms with Crippen LogP contribution in [0.2, 0.25) is 0 Å². The second kappa shape index (κ2) is 5.97. The quantitative estimate of drug-likeness (QED) is 0.730. The van der Waals surface area contributed by atoms with Crippen LogP contribution < -0.4 is 4.74 Å². The van der Waals surface area contributed by atoms with Crippen LogP contribution in [0.15, 0.2) is 53.5 Å². The minimum absolute atomic E-state index is 0.568. The average molecular weight is 343 g/mol. The van der Waals surface area contributed by atoms with E-state index in [1.54, 1.807) is 31.9 Å².